The second-order valence-corrected chi connectivity index (χ2v) is 4.93. The van der Waals surface area contributed by atoms with Crippen molar-refractivity contribution in [1.29, 1.82) is 0 Å². The first-order chi connectivity index (χ1) is 9.74. The fourth-order valence-corrected chi connectivity index (χ4v) is 2.45. The number of aliphatic hydroxyl groups excluding tert-OH is 1. The molecule has 0 spiro atoms. The van der Waals surface area contributed by atoms with Gasteiger partial charge in [-0.3, -0.25) is 4.90 Å². The van der Waals surface area contributed by atoms with Crippen LogP contribution in [0.25, 0.3) is 0 Å². The lowest BCUT2D eigenvalue weighted by molar-refractivity contribution is 0.122. The first-order valence-electron chi connectivity index (χ1n) is 7.51. The summed E-state index contributed by atoms with van der Waals surface area (Å²) in [5.74, 6) is 0.862. The van der Waals surface area contributed by atoms with Crippen molar-refractivity contribution in [3.63, 3.8) is 0 Å². The molecule has 1 aromatic carbocycles. The minimum atomic E-state index is 0.194. The van der Waals surface area contributed by atoms with Crippen molar-refractivity contribution in [2.45, 2.75) is 39.3 Å². The molecule has 0 fully saturated rings. The molecule has 0 atom stereocenters. The Morgan fingerprint density at radius 3 is 2.60 bits per heavy atom. The van der Waals surface area contributed by atoms with Crippen molar-refractivity contribution in [1.82, 2.24) is 4.90 Å². The predicted molar refractivity (Wildman–Crippen MR) is 82.9 cm³/mol. The highest BCUT2D eigenvalue weighted by molar-refractivity contribution is 5.28. The number of rotatable bonds is 10. The maximum absolute atomic E-state index is 9.16. The Morgan fingerprint density at radius 2 is 2.00 bits per heavy atom. The Balaban J connectivity index is 2.46. The zero-order valence-corrected chi connectivity index (χ0v) is 12.7. The summed E-state index contributed by atoms with van der Waals surface area (Å²) in [7, 11) is 0. The van der Waals surface area contributed by atoms with E-state index in [0.717, 1.165) is 30.7 Å². The van der Waals surface area contributed by atoms with Gasteiger partial charge in [0.15, 0.2) is 0 Å². The number of aliphatic hydroxyl groups is 1. The molecule has 0 aliphatic rings. The lowest BCUT2D eigenvalue weighted by Gasteiger charge is -2.29. The van der Waals surface area contributed by atoms with E-state index in [1.54, 1.807) is 0 Å². The van der Waals surface area contributed by atoms with Crippen LogP contribution < -0.4 is 10.5 Å². The van der Waals surface area contributed by atoms with Crippen LogP contribution in [-0.4, -0.2) is 42.4 Å². The summed E-state index contributed by atoms with van der Waals surface area (Å²) in [6, 6.07) is 8.40. The number of hydrogen-bond donors (Lipinski definition) is 2. The molecular formula is C16H28N2O2. The lowest BCUT2D eigenvalue weighted by Crippen LogP contribution is -2.39. The van der Waals surface area contributed by atoms with E-state index in [1.807, 2.05) is 24.3 Å². The molecule has 0 aliphatic carbocycles. The Bertz CT molecular complexity index is 367. The second kappa shape index (κ2) is 9.75. The fraction of sp³-hybridized carbons (Fsp3) is 0.625. The summed E-state index contributed by atoms with van der Waals surface area (Å²) >= 11 is 0. The average Bonchev–Trinajstić information content (AvgIpc) is 2.48. The number of ether oxygens (including phenoxy) is 1. The van der Waals surface area contributed by atoms with Gasteiger partial charge in [-0.1, -0.05) is 26.0 Å². The predicted octanol–water partition coefficient (Wildman–Crippen LogP) is 2.01. The molecule has 0 aromatic heterocycles. The van der Waals surface area contributed by atoms with Gasteiger partial charge in [-0.05, 0) is 30.5 Å². The molecular weight excluding hydrogens is 252 g/mol. The van der Waals surface area contributed by atoms with Gasteiger partial charge in [-0.15, -0.1) is 0 Å². The molecule has 1 rings (SSSR count). The third-order valence-electron chi connectivity index (χ3n) is 3.63. The molecule has 0 bridgehead atoms. The van der Waals surface area contributed by atoms with Crippen LogP contribution in [0.5, 0.6) is 5.75 Å². The summed E-state index contributed by atoms with van der Waals surface area (Å²) in [6.45, 7) is 7.26. The average molecular weight is 280 g/mol. The van der Waals surface area contributed by atoms with Gasteiger partial charge in [0, 0.05) is 25.7 Å². The monoisotopic (exact) mass is 280 g/mol. The summed E-state index contributed by atoms with van der Waals surface area (Å²) < 4.78 is 5.79. The Morgan fingerprint density at radius 1 is 1.25 bits per heavy atom. The topological polar surface area (TPSA) is 58.7 Å². The van der Waals surface area contributed by atoms with Crippen molar-refractivity contribution in [3.8, 4) is 5.75 Å². The van der Waals surface area contributed by atoms with E-state index >= 15 is 0 Å². The number of hydrogen-bond acceptors (Lipinski definition) is 4. The van der Waals surface area contributed by atoms with Gasteiger partial charge in [-0.25, -0.2) is 0 Å². The Hall–Kier alpha value is -1.10. The largest absolute Gasteiger partial charge is 0.492 e. The maximum atomic E-state index is 9.16. The Kier molecular flexibility index (Phi) is 8.26. The van der Waals surface area contributed by atoms with E-state index in [0.29, 0.717) is 25.7 Å². The minimum Gasteiger partial charge on any atom is -0.492 e. The summed E-state index contributed by atoms with van der Waals surface area (Å²) in [4.78, 5) is 2.30. The highest BCUT2D eigenvalue weighted by atomic mass is 16.5. The van der Waals surface area contributed by atoms with Gasteiger partial charge in [0.2, 0.25) is 0 Å². The highest BCUT2D eigenvalue weighted by Crippen LogP contribution is 2.13. The van der Waals surface area contributed by atoms with Gasteiger partial charge in [0.1, 0.15) is 12.4 Å². The van der Waals surface area contributed by atoms with Crippen molar-refractivity contribution >= 4 is 0 Å². The molecule has 0 unspecified atom stereocenters. The summed E-state index contributed by atoms with van der Waals surface area (Å²) in [5, 5.41) is 9.16. The van der Waals surface area contributed by atoms with Crippen molar-refractivity contribution < 1.29 is 9.84 Å². The van der Waals surface area contributed by atoms with Gasteiger partial charge < -0.3 is 15.6 Å². The van der Waals surface area contributed by atoms with Crippen molar-refractivity contribution in [2.24, 2.45) is 5.73 Å². The third-order valence-corrected chi connectivity index (χ3v) is 3.63. The van der Waals surface area contributed by atoms with Crippen LogP contribution in [0.4, 0.5) is 0 Å². The molecule has 20 heavy (non-hydrogen) atoms. The summed E-state index contributed by atoms with van der Waals surface area (Å²) in [5.41, 5.74) is 6.70. The quantitative estimate of drug-likeness (QED) is 0.688. The molecule has 4 heteroatoms. The van der Waals surface area contributed by atoms with Crippen LogP contribution in [0.2, 0.25) is 0 Å². The number of benzene rings is 1. The van der Waals surface area contributed by atoms with E-state index in [1.165, 1.54) is 0 Å². The molecule has 4 nitrogen and oxygen atoms in total. The van der Waals surface area contributed by atoms with Crippen LogP contribution in [-0.2, 0) is 6.54 Å². The first kappa shape index (κ1) is 17.0. The van der Waals surface area contributed by atoms with E-state index in [4.69, 9.17) is 15.6 Å². The highest BCUT2D eigenvalue weighted by Gasteiger charge is 2.14. The maximum Gasteiger partial charge on any atom is 0.119 e. The Labute approximate surface area is 122 Å². The van der Waals surface area contributed by atoms with Crippen LogP contribution >= 0.6 is 0 Å². The van der Waals surface area contributed by atoms with E-state index in [2.05, 4.69) is 18.7 Å². The van der Waals surface area contributed by atoms with Gasteiger partial charge in [0.25, 0.3) is 0 Å². The molecule has 0 aliphatic heterocycles. The second-order valence-electron chi connectivity index (χ2n) is 4.93. The van der Waals surface area contributed by atoms with Crippen LogP contribution in [0.15, 0.2) is 24.3 Å². The van der Waals surface area contributed by atoms with Gasteiger partial charge in [0.05, 0.1) is 6.61 Å². The molecule has 114 valence electrons. The van der Waals surface area contributed by atoms with Crippen LogP contribution in [0.3, 0.4) is 0 Å². The van der Waals surface area contributed by atoms with Crippen molar-refractivity contribution in [3.05, 3.63) is 29.8 Å². The standard InChI is InChI=1S/C16H28N2O2/c1-3-15(4-2)18(8-10-19)9-11-20-16-7-5-6-14(12-16)13-17/h5-7,12,15,19H,3-4,8-11,13,17H2,1-2H3. The molecule has 0 saturated heterocycles. The normalized spacial score (nSPS) is 11.3. The first-order valence-corrected chi connectivity index (χ1v) is 7.51. The van der Waals surface area contributed by atoms with E-state index in [9.17, 15) is 0 Å². The van der Waals surface area contributed by atoms with Crippen LogP contribution in [0.1, 0.15) is 32.3 Å². The molecule has 3 N–H and O–H groups in total. The third kappa shape index (κ3) is 5.49. The van der Waals surface area contributed by atoms with E-state index in [-0.39, 0.29) is 6.61 Å². The molecule has 0 radical (unpaired) electrons. The smallest absolute Gasteiger partial charge is 0.119 e. The van der Waals surface area contributed by atoms with Gasteiger partial charge in [-0.2, -0.15) is 0 Å². The fourth-order valence-electron chi connectivity index (χ4n) is 2.45. The minimum absolute atomic E-state index is 0.194. The SMILES string of the molecule is CCC(CC)N(CCO)CCOc1cccc(CN)c1. The molecule has 0 heterocycles. The molecule has 1 aromatic rings. The van der Waals surface area contributed by atoms with E-state index < -0.39 is 0 Å². The summed E-state index contributed by atoms with van der Waals surface area (Å²) in [6.07, 6.45) is 2.19. The number of nitrogens with two attached hydrogens (primary N) is 1. The zero-order chi connectivity index (χ0) is 14.8. The number of nitrogens with zero attached hydrogens (tertiary/aromatic N) is 1. The lowest BCUT2D eigenvalue weighted by atomic mass is 10.1. The van der Waals surface area contributed by atoms with Crippen molar-refractivity contribution in [2.75, 3.05) is 26.3 Å². The molecule has 0 saturated carbocycles. The van der Waals surface area contributed by atoms with Gasteiger partial charge >= 0.3 is 0 Å². The molecule has 0 amide bonds. The zero-order valence-electron chi connectivity index (χ0n) is 12.7. The van der Waals surface area contributed by atoms with Crippen LogP contribution in [0, 0.1) is 0 Å².